The Hall–Kier alpha value is -1.87. The number of nitrogens with one attached hydrogen (secondary N) is 1. The standard InChI is InChI=1S/C11H16N2O6S/c1-3-6-13(7-9(14)15)11(16)8-4-5-10(19-8)20(17,18)12-2/h4-5,12H,3,6-7H2,1-2H3,(H,14,15). The molecular weight excluding hydrogens is 288 g/mol. The van der Waals surface area contributed by atoms with Gasteiger partial charge < -0.3 is 14.4 Å². The first-order valence-electron chi connectivity index (χ1n) is 5.86. The summed E-state index contributed by atoms with van der Waals surface area (Å²) in [6, 6.07) is 2.35. The maximum atomic E-state index is 12.1. The Bertz CT molecular complexity index is 592. The average molecular weight is 304 g/mol. The van der Waals surface area contributed by atoms with E-state index >= 15 is 0 Å². The van der Waals surface area contributed by atoms with Gasteiger partial charge in [0, 0.05) is 6.54 Å². The van der Waals surface area contributed by atoms with Crippen molar-refractivity contribution < 1.29 is 27.5 Å². The van der Waals surface area contributed by atoms with E-state index in [0.29, 0.717) is 6.42 Å². The Kier molecular flexibility index (Phi) is 5.28. The molecular formula is C11H16N2O6S. The van der Waals surface area contributed by atoms with Crippen molar-refractivity contribution >= 4 is 21.9 Å². The number of hydrogen-bond donors (Lipinski definition) is 2. The van der Waals surface area contributed by atoms with Crippen molar-refractivity contribution in [1.29, 1.82) is 0 Å². The highest BCUT2D eigenvalue weighted by Crippen LogP contribution is 2.15. The maximum Gasteiger partial charge on any atom is 0.323 e. The molecule has 0 bridgehead atoms. The van der Waals surface area contributed by atoms with Crippen LogP contribution in [-0.4, -0.2) is 50.4 Å². The molecule has 1 rings (SSSR count). The van der Waals surface area contributed by atoms with Crippen molar-refractivity contribution in [2.24, 2.45) is 0 Å². The number of amides is 1. The molecule has 0 saturated carbocycles. The van der Waals surface area contributed by atoms with Crippen LogP contribution in [0.2, 0.25) is 0 Å². The molecule has 0 saturated heterocycles. The highest BCUT2D eigenvalue weighted by Gasteiger charge is 2.24. The van der Waals surface area contributed by atoms with Gasteiger partial charge in [0.25, 0.3) is 15.9 Å². The van der Waals surface area contributed by atoms with Gasteiger partial charge in [0.15, 0.2) is 5.76 Å². The van der Waals surface area contributed by atoms with Gasteiger partial charge in [0.2, 0.25) is 5.09 Å². The molecule has 1 aromatic rings. The molecule has 0 aliphatic carbocycles. The SMILES string of the molecule is CCCN(CC(=O)O)C(=O)c1ccc(S(=O)(=O)NC)o1. The molecule has 8 nitrogen and oxygen atoms in total. The molecule has 0 atom stereocenters. The second-order valence-electron chi connectivity index (χ2n) is 3.95. The minimum absolute atomic E-state index is 0.214. The van der Waals surface area contributed by atoms with Gasteiger partial charge in [0.1, 0.15) is 6.54 Å². The lowest BCUT2D eigenvalue weighted by Gasteiger charge is -2.18. The van der Waals surface area contributed by atoms with Crippen LogP contribution in [0, 0.1) is 0 Å². The molecule has 112 valence electrons. The number of hydrogen-bond acceptors (Lipinski definition) is 5. The summed E-state index contributed by atoms with van der Waals surface area (Å²) < 4.78 is 30.0. The quantitative estimate of drug-likeness (QED) is 0.739. The summed E-state index contributed by atoms with van der Waals surface area (Å²) in [4.78, 5) is 23.8. The predicted molar refractivity (Wildman–Crippen MR) is 68.8 cm³/mol. The number of aliphatic carboxylic acids is 1. The Labute approximate surface area is 116 Å². The first-order chi connectivity index (χ1) is 9.31. The van der Waals surface area contributed by atoms with Crippen molar-refractivity contribution in [2.75, 3.05) is 20.1 Å². The van der Waals surface area contributed by atoms with E-state index in [1.807, 2.05) is 0 Å². The van der Waals surface area contributed by atoms with Crippen molar-refractivity contribution in [2.45, 2.75) is 18.4 Å². The lowest BCUT2D eigenvalue weighted by atomic mass is 10.3. The first-order valence-corrected chi connectivity index (χ1v) is 7.34. The lowest BCUT2D eigenvalue weighted by Crippen LogP contribution is -2.36. The normalized spacial score (nSPS) is 11.3. The van der Waals surface area contributed by atoms with Crippen LogP contribution in [-0.2, 0) is 14.8 Å². The Balaban J connectivity index is 2.99. The minimum atomic E-state index is -3.78. The number of rotatable bonds is 7. The van der Waals surface area contributed by atoms with Crippen molar-refractivity contribution in [1.82, 2.24) is 9.62 Å². The van der Waals surface area contributed by atoms with E-state index in [9.17, 15) is 18.0 Å². The molecule has 0 aliphatic rings. The van der Waals surface area contributed by atoms with Crippen LogP contribution in [0.4, 0.5) is 0 Å². The Morgan fingerprint density at radius 2 is 2.05 bits per heavy atom. The van der Waals surface area contributed by atoms with Gasteiger partial charge in [-0.25, -0.2) is 13.1 Å². The monoisotopic (exact) mass is 304 g/mol. The fourth-order valence-corrected chi connectivity index (χ4v) is 2.17. The van der Waals surface area contributed by atoms with Gasteiger partial charge in [0.05, 0.1) is 0 Å². The van der Waals surface area contributed by atoms with Crippen LogP contribution in [0.1, 0.15) is 23.9 Å². The number of sulfonamides is 1. The summed E-state index contributed by atoms with van der Waals surface area (Å²) in [6.07, 6.45) is 0.571. The zero-order chi connectivity index (χ0) is 15.3. The number of nitrogens with zero attached hydrogens (tertiary/aromatic N) is 1. The molecule has 2 N–H and O–H groups in total. The van der Waals surface area contributed by atoms with Gasteiger partial charge >= 0.3 is 5.97 Å². The highest BCUT2D eigenvalue weighted by molar-refractivity contribution is 7.89. The van der Waals surface area contributed by atoms with Crippen LogP contribution < -0.4 is 4.72 Å². The van der Waals surface area contributed by atoms with Crippen molar-refractivity contribution in [3.05, 3.63) is 17.9 Å². The zero-order valence-electron chi connectivity index (χ0n) is 11.1. The fourth-order valence-electron chi connectivity index (χ4n) is 1.52. The van der Waals surface area contributed by atoms with E-state index in [0.717, 1.165) is 11.0 Å². The third-order valence-corrected chi connectivity index (χ3v) is 3.72. The smallest absolute Gasteiger partial charge is 0.323 e. The topological polar surface area (TPSA) is 117 Å². The van der Waals surface area contributed by atoms with E-state index in [4.69, 9.17) is 9.52 Å². The van der Waals surface area contributed by atoms with Crippen LogP contribution in [0.5, 0.6) is 0 Å². The molecule has 0 unspecified atom stereocenters. The second-order valence-corrected chi connectivity index (χ2v) is 5.76. The number of carboxylic acids is 1. The van der Waals surface area contributed by atoms with Crippen LogP contribution in [0.3, 0.4) is 0 Å². The maximum absolute atomic E-state index is 12.1. The molecule has 9 heteroatoms. The first kappa shape index (κ1) is 16.2. The Morgan fingerprint density at radius 3 is 2.55 bits per heavy atom. The van der Waals surface area contributed by atoms with Gasteiger partial charge in [-0.2, -0.15) is 0 Å². The highest BCUT2D eigenvalue weighted by atomic mass is 32.2. The van der Waals surface area contributed by atoms with E-state index in [1.54, 1.807) is 6.92 Å². The molecule has 0 fully saturated rings. The molecule has 0 aliphatic heterocycles. The van der Waals surface area contributed by atoms with Crippen LogP contribution in [0.25, 0.3) is 0 Å². The van der Waals surface area contributed by atoms with E-state index in [1.165, 1.54) is 13.1 Å². The third-order valence-electron chi connectivity index (χ3n) is 2.43. The van der Waals surface area contributed by atoms with E-state index < -0.39 is 33.5 Å². The summed E-state index contributed by atoms with van der Waals surface area (Å²) in [7, 11) is -2.56. The molecule has 20 heavy (non-hydrogen) atoms. The third kappa shape index (κ3) is 3.81. The van der Waals surface area contributed by atoms with Gasteiger partial charge in [-0.1, -0.05) is 6.92 Å². The summed E-state index contributed by atoms with van der Waals surface area (Å²) in [6.45, 7) is 1.56. The molecule has 1 heterocycles. The van der Waals surface area contributed by atoms with Gasteiger partial charge in [-0.05, 0) is 25.6 Å². The largest absolute Gasteiger partial charge is 0.480 e. The Morgan fingerprint density at radius 1 is 1.40 bits per heavy atom. The minimum Gasteiger partial charge on any atom is -0.480 e. The lowest BCUT2D eigenvalue weighted by molar-refractivity contribution is -0.137. The van der Waals surface area contributed by atoms with Crippen LogP contribution in [0.15, 0.2) is 21.6 Å². The summed E-state index contributed by atoms with van der Waals surface area (Å²) in [5.74, 6) is -2.03. The average Bonchev–Trinajstić information content (AvgIpc) is 2.87. The summed E-state index contributed by atoms with van der Waals surface area (Å²) in [5, 5.41) is 8.36. The molecule has 1 aromatic heterocycles. The van der Waals surface area contributed by atoms with E-state index in [2.05, 4.69) is 4.72 Å². The van der Waals surface area contributed by atoms with Gasteiger partial charge in [-0.3, -0.25) is 9.59 Å². The molecule has 0 radical (unpaired) electrons. The number of carbonyl (C=O) groups is 2. The predicted octanol–water partition coefficient (Wildman–Crippen LogP) is 0.124. The number of carbonyl (C=O) groups excluding carboxylic acids is 1. The zero-order valence-corrected chi connectivity index (χ0v) is 11.9. The fraction of sp³-hybridized carbons (Fsp3) is 0.455. The van der Waals surface area contributed by atoms with Gasteiger partial charge in [-0.15, -0.1) is 0 Å². The summed E-state index contributed by atoms with van der Waals surface area (Å²) >= 11 is 0. The second kappa shape index (κ2) is 6.53. The molecule has 0 spiro atoms. The van der Waals surface area contributed by atoms with Crippen LogP contribution >= 0.6 is 0 Å². The number of furan rings is 1. The van der Waals surface area contributed by atoms with Crippen molar-refractivity contribution in [3.63, 3.8) is 0 Å². The summed E-state index contributed by atoms with van der Waals surface area (Å²) in [5.41, 5.74) is 0. The van der Waals surface area contributed by atoms with Crippen molar-refractivity contribution in [3.8, 4) is 0 Å². The number of carboxylic acid groups (broad SMARTS) is 1. The molecule has 1 amide bonds. The van der Waals surface area contributed by atoms with E-state index in [-0.39, 0.29) is 12.3 Å². The molecule has 0 aromatic carbocycles.